The molecule has 0 amide bonds. The molecule has 0 saturated carbocycles. The minimum Gasteiger partial charge on any atom is -0.507 e. The van der Waals surface area contributed by atoms with Gasteiger partial charge < -0.3 is 10.2 Å². The topological polar surface area (TPSA) is 53.4 Å². The minimum absolute atomic E-state index is 0.212. The molecule has 1 aromatic heterocycles. The molecular formula is C17H13NO2. The van der Waals surface area contributed by atoms with E-state index in [9.17, 15) is 10.2 Å². The standard InChI is InChI=1S/C17H13NO2/c19-16-7-3-1-5-14(16)12-9-13(11-18-10-12)15-6-2-4-8-17(15)20/h1-11,19-20H. The Bertz CT molecular complexity index is 692. The van der Waals surface area contributed by atoms with Gasteiger partial charge in [0.2, 0.25) is 0 Å². The van der Waals surface area contributed by atoms with Crippen LogP contribution in [0.3, 0.4) is 0 Å². The SMILES string of the molecule is Oc1ccccc1-c1cncc(-c2ccccc2O)c1. The lowest BCUT2D eigenvalue weighted by Gasteiger charge is -2.08. The lowest BCUT2D eigenvalue weighted by atomic mass is 10.0. The maximum atomic E-state index is 9.90. The lowest BCUT2D eigenvalue weighted by Crippen LogP contribution is -1.85. The zero-order valence-corrected chi connectivity index (χ0v) is 10.7. The second kappa shape index (κ2) is 5.05. The second-order valence-electron chi connectivity index (χ2n) is 4.50. The van der Waals surface area contributed by atoms with Crippen LogP contribution < -0.4 is 0 Å². The van der Waals surface area contributed by atoms with E-state index in [1.54, 1.807) is 36.7 Å². The summed E-state index contributed by atoms with van der Waals surface area (Å²) in [4.78, 5) is 4.20. The molecule has 0 radical (unpaired) electrons. The molecule has 98 valence electrons. The maximum Gasteiger partial charge on any atom is 0.123 e. The third-order valence-electron chi connectivity index (χ3n) is 3.17. The van der Waals surface area contributed by atoms with Crippen molar-refractivity contribution in [3.8, 4) is 33.8 Å². The van der Waals surface area contributed by atoms with E-state index in [4.69, 9.17) is 0 Å². The van der Waals surface area contributed by atoms with Crippen molar-refractivity contribution in [2.24, 2.45) is 0 Å². The molecule has 0 bridgehead atoms. The molecular weight excluding hydrogens is 250 g/mol. The van der Waals surface area contributed by atoms with Gasteiger partial charge in [-0.2, -0.15) is 0 Å². The molecule has 0 spiro atoms. The molecule has 0 fully saturated rings. The summed E-state index contributed by atoms with van der Waals surface area (Å²) in [7, 11) is 0. The van der Waals surface area contributed by atoms with E-state index in [1.165, 1.54) is 0 Å². The zero-order valence-electron chi connectivity index (χ0n) is 10.7. The van der Waals surface area contributed by atoms with Gasteiger partial charge in [-0.25, -0.2) is 0 Å². The van der Waals surface area contributed by atoms with Gasteiger partial charge in [0.05, 0.1) is 0 Å². The summed E-state index contributed by atoms with van der Waals surface area (Å²) in [6.45, 7) is 0. The maximum absolute atomic E-state index is 9.90. The molecule has 2 N–H and O–H groups in total. The molecule has 0 aliphatic carbocycles. The summed E-state index contributed by atoms with van der Waals surface area (Å²) in [5.41, 5.74) is 3.06. The van der Waals surface area contributed by atoms with Gasteiger partial charge in [0.1, 0.15) is 11.5 Å². The molecule has 1 heterocycles. The average molecular weight is 263 g/mol. The first kappa shape index (κ1) is 12.2. The molecule has 0 atom stereocenters. The number of nitrogens with zero attached hydrogens (tertiary/aromatic N) is 1. The highest BCUT2D eigenvalue weighted by atomic mass is 16.3. The van der Waals surface area contributed by atoms with Gasteiger partial charge in [0, 0.05) is 34.6 Å². The summed E-state index contributed by atoms with van der Waals surface area (Å²) >= 11 is 0. The first-order valence-electron chi connectivity index (χ1n) is 6.27. The first-order valence-corrected chi connectivity index (χ1v) is 6.27. The monoisotopic (exact) mass is 263 g/mol. The van der Waals surface area contributed by atoms with Gasteiger partial charge in [-0.05, 0) is 18.2 Å². The molecule has 0 aliphatic rings. The smallest absolute Gasteiger partial charge is 0.123 e. The highest BCUT2D eigenvalue weighted by Gasteiger charge is 2.08. The lowest BCUT2D eigenvalue weighted by molar-refractivity contribution is 0.477. The summed E-state index contributed by atoms with van der Waals surface area (Å²) in [6, 6.07) is 16.1. The van der Waals surface area contributed by atoms with Crippen molar-refractivity contribution in [2.45, 2.75) is 0 Å². The van der Waals surface area contributed by atoms with Crippen molar-refractivity contribution >= 4 is 0 Å². The van der Waals surface area contributed by atoms with Gasteiger partial charge in [0.25, 0.3) is 0 Å². The van der Waals surface area contributed by atoms with Gasteiger partial charge >= 0.3 is 0 Å². The van der Waals surface area contributed by atoms with Crippen LogP contribution in [0.5, 0.6) is 11.5 Å². The summed E-state index contributed by atoms with van der Waals surface area (Å²) < 4.78 is 0. The minimum atomic E-state index is 0.212. The predicted octanol–water partition coefficient (Wildman–Crippen LogP) is 3.83. The van der Waals surface area contributed by atoms with Crippen LogP contribution in [0.25, 0.3) is 22.3 Å². The van der Waals surface area contributed by atoms with E-state index in [2.05, 4.69) is 4.98 Å². The van der Waals surface area contributed by atoms with E-state index in [0.29, 0.717) is 0 Å². The van der Waals surface area contributed by atoms with E-state index in [0.717, 1.165) is 22.3 Å². The fraction of sp³-hybridized carbons (Fsp3) is 0. The highest BCUT2D eigenvalue weighted by molar-refractivity contribution is 5.77. The normalized spacial score (nSPS) is 10.4. The van der Waals surface area contributed by atoms with Crippen molar-refractivity contribution in [3.63, 3.8) is 0 Å². The molecule has 3 aromatic rings. The van der Waals surface area contributed by atoms with E-state index in [1.807, 2.05) is 30.3 Å². The Morgan fingerprint density at radius 2 is 1.10 bits per heavy atom. The fourth-order valence-electron chi connectivity index (χ4n) is 2.17. The van der Waals surface area contributed by atoms with Crippen LogP contribution in [0.4, 0.5) is 0 Å². The number of rotatable bonds is 2. The van der Waals surface area contributed by atoms with Crippen molar-refractivity contribution in [3.05, 3.63) is 67.0 Å². The molecule has 0 unspecified atom stereocenters. The Hall–Kier alpha value is -2.81. The summed E-state index contributed by atoms with van der Waals surface area (Å²) in [5.74, 6) is 0.424. The summed E-state index contributed by atoms with van der Waals surface area (Å²) in [5, 5.41) is 19.8. The number of aromatic nitrogens is 1. The van der Waals surface area contributed by atoms with Gasteiger partial charge in [0.15, 0.2) is 0 Å². The van der Waals surface area contributed by atoms with Gasteiger partial charge in [-0.15, -0.1) is 0 Å². The number of benzene rings is 2. The van der Waals surface area contributed by atoms with Crippen LogP contribution in [0.15, 0.2) is 67.0 Å². The second-order valence-corrected chi connectivity index (χ2v) is 4.50. The average Bonchev–Trinajstić information content (AvgIpc) is 2.48. The molecule has 3 nitrogen and oxygen atoms in total. The molecule has 3 heteroatoms. The number of para-hydroxylation sites is 2. The number of pyridine rings is 1. The molecule has 3 rings (SSSR count). The third kappa shape index (κ3) is 2.21. The van der Waals surface area contributed by atoms with Crippen LogP contribution in [-0.2, 0) is 0 Å². The third-order valence-corrected chi connectivity index (χ3v) is 3.17. The van der Waals surface area contributed by atoms with E-state index >= 15 is 0 Å². The number of hydrogen-bond donors (Lipinski definition) is 2. The first-order chi connectivity index (χ1) is 9.75. The van der Waals surface area contributed by atoms with Crippen LogP contribution in [0, 0.1) is 0 Å². The van der Waals surface area contributed by atoms with Crippen LogP contribution in [0.1, 0.15) is 0 Å². The molecule has 0 saturated heterocycles. The fourth-order valence-corrected chi connectivity index (χ4v) is 2.17. The van der Waals surface area contributed by atoms with Gasteiger partial charge in [-0.1, -0.05) is 36.4 Å². The molecule has 0 aliphatic heterocycles. The molecule has 20 heavy (non-hydrogen) atoms. The Labute approximate surface area is 116 Å². The Morgan fingerprint density at radius 1 is 0.650 bits per heavy atom. The van der Waals surface area contributed by atoms with Gasteiger partial charge in [-0.3, -0.25) is 4.98 Å². The van der Waals surface area contributed by atoms with Crippen molar-refractivity contribution in [1.29, 1.82) is 0 Å². The highest BCUT2D eigenvalue weighted by Crippen LogP contribution is 2.33. The van der Waals surface area contributed by atoms with Crippen LogP contribution >= 0.6 is 0 Å². The largest absolute Gasteiger partial charge is 0.507 e. The Balaban J connectivity index is 2.12. The number of hydrogen-bond acceptors (Lipinski definition) is 3. The van der Waals surface area contributed by atoms with Crippen molar-refractivity contribution < 1.29 is 10.2 Å². The van der Waals surface area contributed by atoms with Crippen LogP contribution in [-0.4, -0.2) is 15.2 Å². The predicted molar refractivity (Wildman–Crippen MR) is 78.4 cm³/mol. The van der Waals surface area contributed by atoms with Crippen molar-refractivity contribution in [1.82, 2.24) is 4.98 Å². The zero-order chi connectivity index (χ0) is 13.9. The number of phenols is 2. The number of aromatic hydroxyl groups is 2. The Morgan fingerprint density at radius 3 is 1.55 bits per heavy atom. The summed E-state index contributed by atoms with van der Waals surface area (Å²) in [6.07, 6.45) is 3.39. The van der Waals surface area contributed by atoms with E-state index in [-0.39, 0.29) is 11.5 Å². The quantitative estimate of drug-likeness (QED) is 0.738. The Kier molecular flexibility index (Phi) is 3.09. The number of phenolic OH excluding ortho intramolecular Hbond substituents is 2. The van der Waals surface area contributed by atoms with Crippen LogP contribution in [0.2, 0.25) is 0 Å². The van der Waals surface area contributed by atoms with E-state index < -0.39 is 0 Å². The van der Waals surface area contributed by atoms with Crippen molar-refractivity contribution in [2.75, 3.05) is 0 Å². The molecule has 2 aromatic carbocycles.